The third-order valence-corrected chi connectivity index (χ3v) is 1.86. The van der Waals surface area contributed by atoms with Gasteiger partial charge in [-0.3, -0.25) is 4.79 Å². The zero-order chi connectivity index (χ0) is 8.27. The summed E-state index contributed by atoms with van der Waals surface area (Å²) in [6, 6.07) is 0. The van der Waals surface area contributed by atoms with Crippen LogP contribution in [0.25, 0.3) is 0 Å². The van der Waals surface area contributed by atoms with E-state index in [2.05, 4.69) is 6.58 Å². The summed E-state index contributed by atoms with van der Waals surface area (Å²) in [4.78, 5) is 11.0. The van der Waals surface area contributed by atoms with E-state index in [9.17, 15) is 9.18 Å². The molecule has 3 heteroatoms. The molecule has 0 radical (unpaired) electrons. The Morgan fingerprint density at radius 3 is 2.45 bits per heavy atom. The van der Waals surface area contributed by atoms with E-state index >= 15 is 0 Å². The van der Waals surface area contributed by atoms with Gasteiger partial charge in [-0.2, -0.15) is 0 Å². The molecular weight excluding hydrogens is 147 g/mol. The molecule has 1 heterocycles. The van der Waals surface area contributed by atoms with Crippen LogP contribution >= 0.6 is 0 Å². The molecule has 0 N–H and O–H groups in total. The van der Waals surface area contributed by atoms with Gasteiger partial charge in [0.25, 0.3) is 0 Å². The molecule has 0 aromatic rings. The molecule has 11 heavy (non-hydrogen) atoms. The number of carbonyl (C=O) groups excluding carboxylic acids is 1. The maximum atomic E-state index is 12.3. The number of hydrogen-bond donors (Lipinski definition) is 0. The average Bonchev–Trinajstić information content (AvgIpc) is 2.05. The zero-order valence-electron chi connectivity index (χ0n) is 6.31. The lowest BCUT2D eigenvalue weighted by molar-refractivity contribution is -0.123. The molecule has 0 unspecified atom stereocenters. The van der Waals surface area contributed by atoms with Gasteiger partial charge < -0.3 is 4.74 Å². The van der Waals surface area contributed by atoms with E-state index in [0.29, 0.717) is 26.1 Å². The highest BCUT2D eigenvalue weighted by molar-refractivity contribution is 5.94. The fraction of sp³-hybridized carbons (Fsp3) is 0.625. The predicted octanol–water partition coefficient (Wildman–Crippen LogP) is 1.47. The van der Waals surface area contributed by atoms with Crippen LogP contribution in [0, 0.1) is 5.92 Å². The first-order chi connectivity index (χ1) is 5.22. The molecule has 0 spiro atoms. The van der Waals surface area contributed by atoms with Crippen LogP contribution in [0.3, 0.4) is 0 Å². The summed E-state index contributed by atoms with van der Waals surface area (Å²) in [6.45, 7) is 4.09. The second-order valence-electron chi connectivity index (χ2n) is 2.66. The van der Waals surface area contributed by atoms with Crippen LogP contribution in [0.5, 0.6) is 0 Å². The van der Waals surface area contributed by atoms with Gasteiger partial charge in [-0.15, -0.1) is 0 Å². The van der Waals surface area contributed by atoms with E-state index in [0.717, 1.165) is 0 Å². The third kappa shape index (κ3) is 2.12. The van der Waals surface area contributed by atoms with Crippen molar-refractivity contribution in [2.75, 3.05) is 13.2 Å². The molecule has 1 fully saturated rings. The minimum Gasteiger partial charge on any atom is -0.381 e. The van der Waals surface area contributed by atoms with Crippen LogP contribution in [-0.2, 0) is 9.53 Å². The highest BCUT2D eigenvalue weighted by Crippen LogP contribution is 2.18. The smallest absolute Gasteiger partial charge is 0.193 e. The second kappa shape index (κ2) is 3.62. The minimum atomic E-state index is -0.822. The predicted molar refractivity (Wildman–Crippen MR) is 38.8 cm³/mol. The lowest BCUT2D eigenvalue weighted by Crippen LogP contribution is -2.23. The molecule has 1 aliphatic rings. The van der Waals surface area contributed by atoms with E-state index in [4.69, 9.17) is 4.74 Å². The maximum Gasteiger partial charge on any atom is 0.193 e. The molecule has 0 aliphatic carbocycles. The Kier molecular flexibility index (Phi) is 2.76. The largest absolute Gasteiger partial charge is 0.381 e. The van der Waals surface area contributed by atoms with Crippen molar-refractivity contribution in [1.29, 1.82) is 0 Å². The summed E-state index contributed by atoms with van der Waals surface area (Å²) in [7, 11) is 0. The molecule has 0 atom stereocenters. The van der Waals surface area contributed by atoms with Gasteiger partial charge in [0.05, 0.1) is 0 Å². The number of Topliss-reactive ketones (excluding diaryl/α,β-unsaturated/α-hetero) is 1. The van der Waals surface area contributed by atoms with E-state index in [1.165, 1.54) is 0 Å². The van der Waals surface area contributed by atoms with Crippen molar-refractivity contribution < 1.29 is 13.9 Å². The molecule has 0 saturated carbocycles. The quantitative estimate of drug-likeness (QED) is 0.569. The number of carbonyl (C=O) groups is 1. The molecule has 0 amide bonds. The number of rotatable bonds is 2. The highest BCUT2D eigenvalue weighted by atomic mass is 19.1. The van der Waals surface area contributed by atoms with Crippen LogP contribution < -0.4 is 0 Å². The maximum absolute atomic E-state index is 12.3. The van der Waals surface area contributed by atoms with Crippen molar-refractivity contribution in [3.63, 3.8) is 0 Å². The zero-order valence-corrected chi connectivity index (χ0v) is 6.31. The van der Waals surface area contributed by atoms with Crippen molar-refractivity contribution in [3.8, 4) is 0 Å². The first-order valence-corrected chi connectivity index (χ1v) is 3.68. The minimum absolute atomic E-state index is 0.193. The van der Waals surface area contributed by atoms with Gasteiger partial charge in [-0.25, -0.2) is 4.39 Å². The molecule has 0 bridgehead atoms. The molecular formula is C8H11FO2. The standard InChI is InChI=1S/C8H11FO2/c1-6(9)8(10)7-2-4-11-5-3-7/h7H,1-5H2. The molecule has 0 aromatic carbocycles. The van der Waals surface area contributed by atoms with Crippen molar-refractivity contribution in [2.45, 2.75) is 12.8 Å². The number of ether oxygens (including phenoxy) is 1. The van der Waals surface area contributed by atoms with Crippen molar-refractivity contribution in [1.82, 2.24) is 0 Å². The monoisotopic (exact) mass is 158 g/mol. The van der Waals surface area contributed by atoms with Crippen molar-refractivity contribution >= 4 is 5.78 Å². The van der Waals surface area contributed by atoms with Crippen LogP contribution in [-0.4, -0.2) is 19.0 Å². The Morgan fingerprint density at radius 1 is 1.45 bits per heavy atom. The molecule has 1 rings (SSSR count). The van der Waals surface area contributed by atoms with Gasteiger partial charge >= 0.3 is 0 Å². The topological polar surface area (TPSA) is 26.3 Å². The van der Waals surface area contributed by atoms with Gasteiger partial charge in [0.15, 0.2) is 11.6 Å². The van der Waals surface area contributed by atoms with Gasteiger partial charge in [0.2, 0.25) is 0 Å². The first kappa shape index (κ1) is 8.40. The first-order valence-electron chi connectivity index (χ1n) is 3.68. The Hall–Kier alpha value is -0.700. The summed E-state index contributed by atoms with van der Waals surface area (Å²) in [5.74, 6) is -1.47. The normalized spacial score (nSPS) is 19.7. The number of hydrogen-bond acceptors (Lipinski definition) is 2. The fourth-order valence-corrected chi connectivity index (χ4v) is 1.18. The van der Waals surface area contributed by atoms with Crippen LogP contribution in [0.15, 0.2) is 12.4 Å². The lowest BCUT2D eigenvalue weighted by Gasteiger charge is -2.19. The summed E-state index contributed by atoms with van der Waals surface area (Å²) >= 11 is 0. The van der Waals surface area contributed by atoms with E-state index in [1.807, 2.05) is 0 Å². The summed E-state index contributed by atoms with van der Waals surface area (Å²) in [6.07, 6.45) is 1.25. The SMILES string of the molecule is C=C(F)C(=O)C1CCOCC1. The van der Waals surface area contributed by atoms with Crippen molar-refractivity contribution in [2.24, 2.45) is 5.92 Å². The van der Waals surface area contributed by atoms with Crippen LogP contribution in [0.1, 0.15) is 12.8 Å². The number of allylic oxidation sites excluding steroid dienone is 1. The van der Waals surface area contributed by atoms with Crippen molar-refractivity contribution in [3.05, 3.63) is 12.4 Å². The lowest BCUT2D eigenvalue weighted by atomic mass is 9.95. The number of halogens is 1. The van der Waals surface area contributed by atoms with Crippen LogP contribution in [0.4, 0.5) is 4.39 Å². The van der Waals surface area contributed by atoms with Gasteiger partial charge in [0, 0.05) is 19.1 Å². The second-order valence-corrected chi connectivity index (χ2v) is 2.66. The average molecular weight is 158 g/mol. The summed E-state index contributed by atoms with van der Waals surface area (Å²) in [5, 5.41) is 0. The van der Waals surface area contributed by atoms with Gasteiger partial charge in [-0.1, -0.05) is 6.58 Å². The fourth-order valence-electron chi connectivity index (χ4n) is 1.18. The van der Waals surface area contributed by atoms with Gasteiger partial charge in [0.1, 0.15) is 0 Å². The molecule has 62 valence electrons. The third-order valence-electron chi connectivity index (χ3n) is 1.86. The van der Waals surface area contributed by atoms with Crippen LogP contribution in [0.2, 0.25) is 0 Å². The van der Waals surface area contributed by atoms with E-state index in [-0.39, 0.29) is 5.92 Å². The Balaban J connectivity index is 2.45. The molecule has 0 aromatic heterocycles. The van der Waals surface area contributed by atoms with Gasteiger partial charge in [-0.05, 0) is 12.8 Å². The molecule has 2 nitrogen and oxygen atoms in total. The molecule has 1 saturated heterocycles. The Labute approximate surface area is 65.0 Å². The Bertz CT molecular complexity index is 171. The molecule has 1 aliphatic heterocycles. The summed E-state index contributed by atoms with van der Waals surface area (Å²) in [5.41, 5.74) is 0. The number of ketones is 1. The Morgan fingerprint density at radius 2 is 2.00 bits per heavy atom. The highest BCUT2D eigenvalue weighted by Gasteiger charge is 2.23. The van der Waals surface area contributed by atoms with E-state index in [1.54, 1.807) is 0 Å². The van der Waals surface area contributed by atoms with E-state index < -0.39 is 11.6 Å². The summed E-state index contributed by atoms with van der Waals surface area (Å²) < 4.78 is 17.3.